The van der Waals surface area contributed by atoms with E-state index in [1.807, 2.05) is 6.92 Å². The van der Waals surface area contributed by atoms with Gasteiger partial charge in [-0.1, -0.05) is 0 Å². The lowest BCUT2D eigenvalue weighted by molar-refractivity contribution is 0.0796. The molecule has 0 atom stereocenters. The Kier molecular flexibility index (Phi) is 4.78. The zero-order valence-electron chi connectivity index (χ0n) is 14.6. The number of aromatic nitrogens is 5. The van der Waals surface area contributed by atoms with E-state index in [9.17, 15) is 9.90 Å². The summed E-state index contributed by atoms with van der Waals surface area (Å²) in [6.07, 6.45) is 1.33. The second-order valence-corrected chi connectivity index (χ2v) is 5.48. The van der Waals surface area contributed by atoms with Crippen LogP contribution in [0.2, 0.25) is 0 Å². The highest BCUT2D eigenvalue weighted by Crippen LogP contribution is 2.23. The van der Waals surface area contributed by atoms with Crippen LogP contribution >= 0.6 is 0 Å². The highest BCUT2D eigenvalue weighted by Gasteiger charge is 2.20. The van der Waals surface area contributed by atoms with Gasteiger partial charge in [0.2, 0.25) is 5.88 Å². The molecule has 1 amide bonds. The highest BCUT2D eigenvalue weighted by molar-refractivity contribution is 5.93. The molecule has 0 saturated heterocycles. The van der Waals surface area contributed by atoms with Gasteiger partial charge in [0.15, 0.2) is 11.5 Å². The summed E-state index contributed by atoms with van der Waals surface area (Å²) in [7, 11) is 3.20. The number of rotatable bonds is 5. The first-order chi connectivity index (χ1) is 12.5. The Balaban J connectivity index is 2.11. The molecule has 0 aromatic carbocycles. The number of pyridine rings is 1. The van der Waals surface area contributed by atoms with Crippen molar-refractivity contribution in [1.29, 1.82) is 0 Å². The van der Waals surface area contributed by atoms with Crippen LogP contribution in [-0.4, -0.2) is 61.6 Å². The molecule has 0 fully saturated rings. The van der Waals surface area contributed by atoms with Gasteiger partial charge in [0.05, 0.1) is 24.7 Å². The maximum Gasteiger partial charge on any atom is 0.274 e. The third-order valence-electron chi connectivity index (χ3n) is 3.81. The van der Waals surface area contributed by atoms with Crippen LogP contribution in [0.25, 0.3) is 17.2 Å². The summed E-state index contributed by atoms with van der Waals surface area (Å²) in [6, 6.07) is 8.12. The minimum Gasteiger partial charge on any atom is -0.506 e. The predicted molar refractivity (Wildman–Crippen MR) is 93.2 cm³/mol. The van der Waals surface area contributed by atoms with E-state index >= 15 is 0 Å². The van der Waals surface area contributed by atoms with Crippen molar-refractivity contribution in [3.05, 3.63) is 42.2 Å². The van der Waals surface area contributed by atoms with Crippen molar-refractivity contribution < 1.29 is 14.6 Å². The second kappa shape index (κ2) is 7.18. The van der Waals surface area contributed by atoms with Gasteiger partial charge in [-0.15, -0.1) is 10.2 Å². The fourth-order valence-electron chi connectivity index (χ4n) is 2.25. The van der Waals surface area contributed by atoms with E-state index in [2.05, 4.69) is 20.3 Å². The molecule has 3 aromatic rings. The number of nitrogens with zero attached hydrogens (tertiary/aromatic N) is 6. The number of aromatic hydroxyl groups is 1. The van der Waals surface area contributed by atoms with E-state index in [0.717, 1.165) is 0 Å². The second-order valence-electron chi connectivity index (χ2n) is 5.48. The van der Waals surface area contributed by atoms with E-state index in [4.69, 9.17) is 4.74 Å². The van der Waals surface area contributed by atoms with Crippen LogP contribution in [0.5, 0.6) is 11.6 Å². The van der Waals surface area contributed by atoms with Crippen molar-refractivity contribution in [2.45, 2.75) is 6.92 Å². The Hall–Kier alpha value is -3.49. The van der Waals surface area contributed by atoms with Crippen LogP contribution in [0.1, 0.15) is 17.4 Å². The summed E-state index contributed by atoms with van der Waals surface area (Å²) in [5.41, 5.74) is 1.35. The first-order valence-electron chi connectivity index (χ1n) is 7.92. The molecular formula is C17H18N6O3. The Labute approximate surface area is 149 Å². The summed E-state index contributed by atoms with van der Waals surface area (Å²) in [5.74, 6) is 0.611. The average Bonchev–Trinajstić information content (AvgIpc) is 3.12. The zero-order chi connectivity index (χ0) is 18.7. The molecule has 0 bridgehead atoms. The number of ether oxygens (including phenoxy) is 1. The standard InChI is InChI=1S/C17H18N6O3/c1-4-22(2)17(25)13-9-14(12-6-5-11(24)10-18-12)23(21-13)15-7-8-16(26-3)20-19-15/h5-10,24H,4H2,1-3H3. The van der Waals surface area contributed by atoms with Crippen molar-refractivity contribution >= 4 is 5.91 Å². The van der Waals surface area contributed by atoms with Gasteiger partial charge in [0.25, 0.3) is 5.91 Å². The van der Waals surface area contributed by atoms with Crippen molar-refractivity contribution in [2.24, 2.45) is 0 Å². The first-order valence-corrected chi connectivity index (χ1v) is 7.92. The molecule has 1 N–H and O–H groups in total. The molecule has 0 aliphatic rings. The fourth-order valence-corrected chi connectivity index (χ4v) is 2.25. The molecule has 134 valence electrons. The van der Waals surface area contributed by atoms with Gasteiger partial charge in [0.1, 0.15) is 5.75 Å². The fraction of sp³-hybridized carbons (Fsp3) is 0.235. The van der Waals surface area contributed by atoms with Gasteiger partial charge in [-0.05, 0) is 31.2 Å². The molecule has 0 aliphatic heterocycles. The van der Waals surface area contributed by atoms with Crippen molar-refractivity contribution in [3.63, 3.8) is 0 Å². The molecule has 0 saturated carbocycles. The van der Waals surface area contributed by atoms with E-state index < -0.39 is 0 Å². The van der Waals surface area contributed by atoms with Crippen LogP contribution < -0.4 is 4.74 Å². The van der Waals surface area contributed by atoms with Crippen LogP contribution in [-0.2, 0) is 0 Å². The van der Waals surface area contributed by atoms with Gasteiger partial charge >= 0.3 is 0 Å². The number of amides is 1. The molecule has 3 rings (SSSR count). The molecule has 0 spiro atoms. The Morgan fingerprint density at radius 1 is 1.27 bits per heavy atom. The summed E-state index contributed by atoms with van der Waals surface area (Å²) in [5, 5.41) is 21.9. The lowest BCUT2D eigenvalue weighted by atomic mass is 10.2. The van der Waals surface area contributed by atoms with Crippen molar-refractivity contribution in [2.75, 3.05) is 20.7 Å². The summed E-state index contributed by atoms with van der Waals surface area (Å²) >= 11 is 0. The van der Waals surface area contributed by atoms with E-state index in [0.29, 0.717) is 29.6 Å². The van der Waals surface area contributed by atoms with Gasteiger partial charge < -0.3 is 14.7 Å². The van der Waals surface area contributed by atoms with Crippen molar-refractivity contribution in [1.82, 2.24) is 29.9 Å². The maximum absolute atomic E-state index is 12.5. The molecule has 0 aliphatic carbocycles. The monoisotopic (exact) mass is 354 g/mol. The van der Waals surface area contributed by atoms with E-state index in [1.165, 1.54) is 24.1 Å². The van der Waals surface area contributed by atoms with Gasteiger partial charge in [-0.2, -0.15) is 5.10 Å². The molecule has 3 heterocycles. The molecule has 0 unspecified atom stereocenters. The molecule has 0 radical (unpaired) electrons. The SMILES string of the molecule is CCN(C)C(=O)c1cc(-c2ccc(O)cn2)n(-c2ccc(OC)nn2)n1. The minimum absolute atomic E-state index is 0.0473. The highest BCUT2D eigenvalue weighted by atomic mass is 16.5. The summed E-state index contributed by atoms with van der Waals surface area (Å²) in [6.45, 7) is 2.44. The van der Waals surface area contributed by atoms with Gasteiger partial charge in [-0.3, -0.25) is 9.78 Å². The number of hydrogen-bond donors (Lipinski definition) is 1. The Bertz CT molecular complexity index is 905. The van der Waals surface area contributed by atoms with Gasteiger partial charge in [-0.25, -0.2) is 4.68 Å². The Morgan fingerprint density at radius 3 is 2.65 bits per heavy atom. The van der Waals surface area contributed by atoms with Crippen LogP contribution in [0.15, 0.2) is 36.5 Å². The van der Waals surface area contributed by atoms with Crippen LogP contribution in [0, 0.1) is 0 Å². The summed E-state index contributed by atoms with van der Waals surface area (Å²) < 4.78 is 6.51. The lowest BCUT2D eigenvalue weighted by Crippen LogP contribution is -2.26. The molecule has 9 heteroatoms. The lowest BCUT2D eigenvalue weighted by Gasteiger charge is -2.11. The largest absolute Gasteiger partial charge is 0.506 e. The summed E-state index contributed by atoms with van der Waals surface area (Å²) in [4.78, 5) is 18.2. The van der Waals surface area contributed by atoms with Gasteiger partial charge in [0, 0.05) is 19.7 Å². The van der Waals surface area contributed by atoms with Crippen molar-refractivity contribution in [3.8, 4) is 28.8 Å². The van der Waals surface area contributed by atoms with Crippen LogP contribution in [0.3, 0.4) is 0 Å². The average molecular weight is 354 g/mol. The first kappa shape index (κ1) is 17.3. The predicted octanol–water partition coefficient (Wildman–Crippen LogP) is 1.53. The topological polar surface area (TPSA) is 106 Å². The number of carbonyl (C=O) groups excluding carboxylic acids is 1. The third kappa shape index (κ3) is 3.32. The quantitative estimate of drug-likeness (QED) is 0.740. The smallest absolute Gasteiger partial charge is 0.274 e. The molecule has 3 aromatic heterocycles. The molecule has 9 nitrogen and oxygen atoms in total. The number of methoxy groups -OCH3 is 1. The van der Waals surface area contributed by atoms with E-state index in [1.54, 1.807) is 36.2 Å². The third-order valence-corrected chi connectivity index (χ3v) is 3.81. The number of hydrogen-bond acceptors (Lipinski definition) is 7. The molecular weight excluding hydrogens is 336 g/mol. The zero-order valence-corrected chi connectivity index (χ0v) is 14.6. The molecule has 26 heavy (non-hydrogen) atoms. The normalized spacial score (nSPS) is 10.6. The maximum atomic E-state index is 12.5. The number of carbonyl (C=O) groups is 1. The van der Waals surface area contributed by atoms with E-state index in [-0.39, 0.29) is 17.4 Å². The Morgan fingerprint density at radius 2 is 2.08 bits per heavy atom. The minimum atomic E-state index is -0.215. The van der Waals surface area contributed by atoms with Crippen LogP contribution in [0.4, 0.5) is 0 Å².